The van der Waals surface area contributed by atoms with E-state index in [9.17, 15) is 22.8 Å². The molecule has 1 aromatic rings. The summed E-state index contributed by atoms with van der Waals surface area (Å²) in [6.45, 7) is 1.07. The number of halogens is 3. The zero-order valence-corrected chi connectivity index (χ0v) is 13.1. The van der Waals surface area contributed by atoms with E-state index < -0.39 is 43.1 Å². The van der Waals surface area contributed by atoms with Crippen molar-refractivity contribution in [2.45, 2.75) is 26.1 Å². The first-order chi connectivity index (χ1) is 11.2. The molecule has 8 heteroatoms. The monoisotopic (exact) mass is 344 g/mol. The Morgan fingerprint density at radius 3 is 2.38 bits per heavy atom. The molecular formula is C16H19F3N2O3. The highest BCUT2D eigenvalue weighted by Gasteiger charge is 2.53. The number of hydrogen-bond donors (Lipinski definition) is 2. The molecule has 2 amide bonds. The molecule has 0 radical (unpaired) electrons. The van der Waals surface area contributed by atoms with Gasteiger partial charge in [-0.3, -0.25) is 4.79 Å². The molecule has 1 heterocycles. The van der Waals surface area contributed by atoms with Crippen molar-refractivity contribution in [1.29, 1.82) is 0 Å². The lowest BCUT2D eigenvalue weighted by Gasteiger charge is -2.19. The molecular weight excluding hydrogens is 325 g/mol. The summed E-state index contributed by atoms with van der Waals surface area (Å²) >= 11 is 0. The van der Waals surface area contributed by atoms with Gasteiger partial charge in [0.25, 0.3) is 0 Å². The van der Waals surface area contributed by atoms with Gasteiger partial charge in [-0.2, -0.15) is 13.2 Å². The molecule has 24 heavy (non-hydrogen) atoms. The lowest BCUT2D eigenvalue weighted by Crippen LogP contribution is -2.39. The first-order valence-corrected chi connectivity index (χ1v) is 7.63. The number of nitrogens with zero attached hydrogens (tertiary/aromatic N) is 1. The molecule has 0 bridgehead atoms. The zero-order valence-electron chi connectivity index (χ0n) is 13.1. The number of carbonyl (C=O) groups is 2. The Labute approximate surface area is 137 Å². The van der Waals surface area contributed by atoms with E-state index in [1.165, 1.54) is 0 Å². The fourth-order valence-electron chi connectivity index (χ4n) is 2.91. The van der Waals surface area contributed by atoms with Crippen molar-refractivity contribution >= 4 is 12.0 Å². The number of likely N-dealkylation sites (tertiary alicyclic amines) is 1. The number of aryl methyl sites for hydroxylation is 1. The fourth-order valence-corrected chi connectivity index (χ4v) is 2.91. The Morgan fingerprint density at radius 2 is 1.88 bits per heavy atom. The summed E-state index contributed by atoms with van der Waals surface area (Å²) < 4.78 is 38.8. The Balaban J connectivity index is 2.01. The normalized spacial score (nSPS) is 20.9. The van der Waals surface area contributed by atoms with Gasteiger partial charge in [-0.05, 0) is 17.5 Å². The summed E-state index contributed by atoms with van der Waals surface area (Å²) in [6.07, 6.45) is -3.88. The van der Waals surface area contributed by atoms with Crippen molar-refractivity contribution < 1.29 is 27.9 Å². The third kappa shape index (κ3) is 3.98. The van der Waals surface area contributed by atoms with Gasteiger partial charge in [-0.25, -0.2) is 4.79 Å². The van der Waals surface area contributed by atoms with Gasteiger partial charge in [0.15, 0.2) is 0 Å². The Hall–Kier alpha value is -2.25. The van der Waals surface area contributed by atoms with Crippen LogP contribution in [0, 0.1) is 11.8 Å². The van der Waals surface area contributed by atoms with Crippen molar-refractivity contribution in [3.63, 3.8) is 0 Å². The van der Waals surface area contributed by atoms with Crippen LogP contribution in [0.5, 0.6) is 0 Å². The van der Waals surface area contributed by atoms with Crippen molar-refractivity contribution in [2.75, 3.05) is 13.1 Å². The van der Waals surface area contributed by atoms with Gasteiger partial charge in [0.05, 0.1) is 11.8 Å². The van der Waals surface area contributed by atoms with E-state index in [0.717, 1.165) is 22.4 Å². The second-order valence-electron chi connectivity index (χ2n) is 5.78. The topological polar surface area (TPSA) is 69.6 Å². The number of urea groups is 1. The summed E-state index contributed by atoms with van der Waals surface area (Å²) in [4.78, 5) is 24.1. The van der Waals surface area contributed by atoms with Crippen LogP contribution in [0.15, 0.2) is 24.3 Å². The Kier molecular flexibility index (Phi) is 5.36. The molecule has 0 spiro atoms. The van der Waals surface area contributed by atoms with Crippen LogP contribution in [0.2, 0.25) is 0 Å². The molecule has 1 aromatic carbocycles. The van der Waals surface area contributed by atoms with Gasteiger partial charge >= 0.3 is 18.2 Å². The summed E-state index contributed by atoms with van der Waals surface area (Å²) in [6, 6.07) is 6.75. The van der Waals surface area contributed by atoms with E-state index in [0.29, 0.717) is 0 Å². The van der Waals surface area contributed by atoms with Gasteiger partial charge in [0, 0.05) is 19.6 Å². The molecule has 0 aliphatic carbocycles. The molecule has 0 aromatic heterocycles. The maximum Gasteiger partial charge on any atom is 0.394 e. The molecule has 1 aliphatic heterocycles. The predicted octanol–water partition coefficient (Wildman–Crippen LogP) is 2.65. The number of carboxylic acid groups (broad SMARTS) is 1. The molecule has 5 nitrogen and oxygen atoms in total. The second kappa shape index (κ2) is 7.11. The fraction of sp³-hybridized carbons (Fsp3) is 0.500. The largest absolute Gasteiger partial charge is 0.481 e. The van der Waals surface area contributed by atoms with Gasteiger partial charge in [-0.1, -0.05) is 31.2 Å². The number of amides is 2. The minimum Gasteiger partial charge on any atom is -0.481 e. The van der Waals surface area contributed by atoms with Crippen molar-refractivity contribution in [3.05, 3.63) is 35.4 Å². The number of nitrogens with one attached hydrogen (secondary N) is 1. The van der Waals surface area contributed by atoms with Crippen LogP contribution in [0.4, 0.5) is 18.0 Å². The minimum atomic E-state index is -4.65. The standard InChI is InChI=1S/C16H19F3N2O3/c1-2-10-5-3-4-6-11(10)7-20-15(24)21-8-12(14(22)23)13(9-21)16(17,18)19/h3-6,12-13H,2,7-9H2,1H3,(H,20,24)(H,22,23)/t12-,13-/m1/s1. The summed E-state index contributed by atoms with van der Waals surface area (Å²) in [5.74, 6) is -5.20. The number of hydrogen-bond acceptors (Lipinski definition) is 2. The number of carboxylic acids is 1. The van der Waals surface area contributed by atoms with Crippen LogP contribution in [-0.2, 0) is 17.8 Å². The van der Waals surface area contributed by atoms with Crippen LogP contribution in [-0.4, -0.2) is 41.3 Å². The van der Waals surface area contributed by atoms with Crippen LogP contribution >= 0.6 is 0 Å². The maximum absolute atomic E-state index is 12.9. The van der Waals surface area contributed by atoms with Crippen LogP contribution in [0.25, 0.3) is 0 Å². The van der Waals surface area contributed by atoms with E-state index in [1.54, 1.807) is 0 Å². The van der Waals surface area contributed by atoms with Crippen molar-refractivity contribution in [3.8, 4) is 0 Å². The molecule has 2 atom stereocenters. The lowest BCUT2D eigenvalue weighted by atomic mass is 9.96. The second-order valence-corrected chi connectivity index (χ2v) is 5.78. The van der Waals surface area contributed by atoms with Crippen molar-refractivity contribution in [2.24, 2.45) is 11.8 Å². The third-order valence-corrected chi connectivity index (χ3v) is 4.27. The van der Waals surface area contributed by atoms with Crippen LogP contribution < -0.4 is 5.32 Å². The van der Waals surface area contributed by atoms with Gasteiger partial charge < -0.3 is 15.3 Å². The smallest absolute Gasteiger partial charge is 0.394 e. The average molecular weight is 344 g/mol. The summed E-state index contributed by atoms with van der Waals surface area (Å²) in [5, 5.41) is 11.5. The quantitative estimate of drug-likeness (QED) is 0.882. The van der Waals surface area contributed by atoms with Gasteiger partial charge in [0.1, 0.15) is 0 Å². The minimum absolute atomic E-state index is 0.188. The molecule has 0 unspecified atom stereocenters. The molecule has 0 saturated carbocycles. The third-order valence-electron chi connectivity index (χ3n) is 4.27. The van der Waals surface area contributed by atoms with Crippen LogP contribution in [0.1, 0.15) is 18.1 Å². The van der Waals surface area contributed by atoms with Gasteiger partial charge in [0.2, 0.25) is 0 Å². The Morgan fingerprint density at radius 1 is 1.25 bits per heavy atom. The number of benzene rings is 1. The predicted molar refractivity (Wildman–Crippen MR) is 80.3 cm³/mol. The summed E-state index contributed by atoms with van der Waals surface area (Å²) in [7, 11) is 0. The number of aliphatic carboxylic acids is 1. The zero-order chi connectivity index (χ0) is 17.9. The maximum atomic E-state index is 12.9. The van der Waals surface area contributed by atoms with Gasteiger partial charge in [-0.15, -0.1) is 0 Å². The highest BCUT2D eigenvalue weighted by Crippen LogP contribution is 2.37. The molecule has 2 rings (SSSR count). The lowest BCUT2D eigenvalue weighted by molar-refractivity contribution is -0.187. The van der Waals surface area contributed by atoms with E-state index in [4.69, 9.17) is 5.11 Å². The SMILES string of the molecule is CCc1ccccc1CNC(=O)N1C[C@@H](C(F)(F)F)[C@H](C(=O)O)C1. The highest BCUT2D eigenvalue weighted by molar-refractivity contribution is 5.77. The highest BCUT2D eigenvalue weighted by atomic mass is 19.4. The first-order valence-electron chi connectivity index (χ1n) is 7.63. The van der Waals surface area contributed by atoms with E-state index in [-0.39, 0.29) is 6.54 Å². The first kappa shape index (κ1) is 18.1. The molecule has 1 aliphatic rings. The number of rotatable bonds is 4. The molecule has 2 N–H and O–H groups in total. The summed E-state index contributed by atoms with van der Waals surface area (Å²) in [5.41, 5.74) is 1.92. The number of alkyl halides is 3. The molecule has 1 fully saturated rings. The van der Waals surface area contributed by atoms with E-state index in [2.05, 4.69) is 5.32 Å². The van der Waals surface area contributed by atoms with Crippen molar-refractivity contribution in [1.82, 2.24) is 10.2 Å². The average Bonchev–Trinajstić information content (AvgIpc) is 2.98. The molecule has 132 valence electrons. The molecule has 1 saturated heterocycles. The Bertz CT molecular complexity index is 619. The van der Waals surface area contributed by atoms with E-state index >= 15 is 0 Å². The van der Waals surface area contributed by atoms with E-state index in [1.807, 2.05) is 31.2 Å². The van der Waals surface area contributed by atoms with Crippen LogP contribution in [0.3, 0.4) is 0 Å². The number of carbonyl (C=O) groups excluding carboxylic acids is 1.